The zero-order valence-electron chi connectivity index (χ0n) is 8.43. The highest BCUT2D eigenvalue weighted by molar-refractivity contribution is 5.51. The van der Waals surface area contributed by atoms with E-state index >= 15 is 0 Å². The van der Waals surface area contributed by atoms with Gasteiger partial charge in [-0.15, -0.1) is 0 Å². The van der Waals surface area contributed by atoms with Crippen LogP contribution >= 0.6 is 0 Å². The topological polar surface area (TPSA) is 59.0 Å². The number of rotatable bonds is 2. The van der Waals surface area contributed by atoms with Gasteiger partial charge in [-0.1, -0.05) is 0 Å². The molecule has 6 heteroatoms. The number of alkyl halides is 3. The molecule has 86 valence electrons. The minimum Gasteiger partial charge on any atom is -0.495 e. The molecule has 0 aliphatic rings. The van der Waals surface area contributed by atoms with Crippen LogP contribution in [0.1, 0.15) is 16.7 Å². The van der Waals surface area contributed by atoms with E-state index in [1.807, 2.05) is 0 Å². The molecule has 0 aromatic heterocycles. The van der Waals surface area contributed by atoms with E-state index in [4.69, 9.17) is 15.7 Å². The summed E-state index contributed by atoms with van der Waals surface area (Å²) in [6.07, 6.45) is -4.48. The molecule has 0 atom stereocenters. The molecule has 0 aliphatic carbocycles. The predicted octanol–water partition coefficient (Wildman–Crippen LogP) is 2.04. The van der Waals surface area contributed by atoms with Crippen LogP contribution in [-0.2, 0) is 12.7 Å². The van der Waals surface area contributed by atoms with Crippen LogP contribution in [0.25, 0.3) is 0 Å². The Kier molecular flexibility index (Phi) is 3.40. The molecular formula is C10H9F3N2O. The second kappa shape index (κ2) is 4.41. The first-order chi connectivity index (χ1) is 7.43. The lowest BCUT2D eigenvalue weighted by Gasteiger charge is -2.12. The summed E-state index contributed by atoms with van der Waals surface area (Å²) in [4.78, 5) is 0. The molecule has 0 radical (unpaired) electrons. The van der Waals surface area contributed by atoms with Gasteiger partial charge in [0, 0.05) is 6.54 Å². The summed E-state index contributed by atoms with van der Waals surface area (Å²) in [6.45, 7) is -0.150. The molecule has 0 saturated heterocycles. The highest BCUT2D eigenvalue weighted by Gasteiger charge is 2.32. The molecule has 3 nitrogen and oxygen atoms in total. The van der Waals surface area contributed by atoms with Gasteiger partial charge in [-0.05, 0) is 17.7 Å². The number of hydrogen-bond donors (Lipinski definition) is 1. The van der Waals surface area contributed by atoms with E-state index in [1.54, 1.807) is 6.07 Å². The highest BCUT2D eigenvalue weighted by atomic mass is 19.4. The Labute approximate surface area is 90.2 Å². The van der Waals surface area contributed by atoms with E-state index in [9.17, 15) is 13.2 Å². The summed E-state index contributed by atoms with van der Waals surface area (Å²) in [5.74, 6) is -0.113. The van der Waals surface area contributed by atoms with Gasteiger partial charge in [0.1, 0.15) is 11.8 Å². The number of hydrogen-bond acceptors (Lipinski definition) is 3. The average Bonchev–Trinajstić information content (AvgIpc) is 2.25. The number of nitriles is 1. The Morgan fingerprint density at radius 3 is 2.44 bits per heavy atom. The molecule has 1 aromatic carbocycles. The van der Waals surface area contributed by atoms with E-state index in [0.29, 0.717) is 0 Å². The average molecular weight is 230 g/mol. The molecule has 2 N–H and O–H groups in total. The lowest BCUT2D eigenvalue weighted by atomic mass is 10.0. The van der Waals surface area contributed by atoms with Gasteiger partial charge in [0.15, 0.2) is 0 Å². The Balaban J connectivity index is 3.45. The van der Waals surface area contributed by atoms with Gasteiger partial charge < -0.3 is 10.5 Å². The molecular weight excluding hydrogens is 221 g/mol. The zero-order chi connectivity index (χ0) is 12.3. The number of methoxy groups -OCH3 is 1. The van der Waals surface area contributed by atoms with E-state index in [2.05, 4.69) is 0 Å². The second-order valence-corrected chi connectivity index (χ2v) is 3.03. The van der Waals surface area contributed by atoms with Crippen LogP contribution in [0, 0.1) is 11.3 Å². The normalized spacial score (nSPS) is 11.0. The first-order valence-corrected chi connectivity index (χ1v) is 4.32. The van der Waals surface area contributed by atoms with Crippen LogP contribution in [0.2, 0.25) is 0 Å². The Morgan fingerprint density at radius 1 is 1.44 bits per heavy atom. The van der Waals surface area contributed by atoms with Crippen molar-refractivity contribution in [1.29, 1.82) is 5.26 Å². The van der Waals surface area contributed by atoms with Gasteiger partial charge in [0.05, 0.1) is 18.2 Å². The molecule has 1 rings (SSSR count). The third kappa shape index (κ3) is 2.25. The van der Waals surface area contributed by atoms with Crippen molar-refractivity contribution in [3.8, 4) is 11.8 Å². The van der Waals surface area contributed by atoms with E-state index in [1.165, 1.54) is 7.11 Å². The Morgan fingerprint density at radius 2 is 2.06 bits per heavy atom. The quantitative estimate of drug-likeness (QED) is 0.845. The third-order valence-electron chi connectivity index (χ3n) is 2.06. The highest BCUT2D eigenvalue weighted by Crippen LogP contribution is 2.34. The largest absolute Gasteiger partial charge is 0.495 e. The van der Waals surface area contributed by atoms with Gasteiger partial charge in [-0.3, -0.25) is 0 Å². The fourth-order valence-electron chi connectivity index (χ4n) is 1.29. The summed E-state index contributed by atoms with van der Waals surface area (Å²) in [7, 11) is 1.20. The fraction of sp³-hybridized carbons (Fsp3) is 0.300. The number of ether oxygens (including phenoxy) is 1. The van der Waals surface area contributed by atoms with Crippen molar-refractivity contribution >= 4 is 0 Å². The lowest BCUT2D eigenvalue weighted by Crippen LogP contribution is -2.09. The molecule has 0 saturated carbocycles. The molecule has 1 aromatic rings. The van der Waals surface area contributed by atoms with E-state index in [-0.39, 0.29) is 23.4 Å². The maximum Gasteiger partial charge on any atom is 0.416 e. The Hall–Kier alpha value is -1.74. The standard InChI is InChI=1S/C10H9F3N2O/c1-16-9-3-7(10(11,12)13)2-6(4-14)8(9)5-15/h2-3H,4,14H2,1H3. The monoisotopic (exact) mass is 230 g/mol. The predicted molar refractivity (Wildman–Crippen MR) is 50.6 cm³/mol. The van der Waals surface area contributed by atoms with Crippen molar-refractivity contribution in [2.24, 2.45) is 5.73 Å². The van der Waals surface area contributed by atoms with Crippen LogP contribution in [0.3, 0.4) is 0 Å². The van der Waals surface area contributed by atoms with Gasteiger partial charge in [-0.2, -0.15) is 18.4 Å². The van der Waals surface area contributed by atoms with Gasteiger partial charge in [0.25, 0.3) is 0 Å². The zero-order valence-corrected chi connectivity index (χ0v) is 8.43. The van der Waals surface area contributed by atoms with Crippen molar-refractivity contribution in [1.82, 2.24) is 0 Å². The summed E-state index contributed by atoms with van der Waals surface area (Å²) in [5, 5.41) is 8.79. The van der Waals surface area contributed by atoms with Crippen LogP contribution in [0.5, 0.6) is 5.75 Å². The van der Waals surface area contributed by atoms with Crippen LogP contribution in [0.4, 0.5) is 13.2 Å². The fourth-order valence-corrected chi connectivity index (χ4v) is 1.29. The van der Waals surface area contributed by atoms with Gasteiger partial charge in [-0.25, -0.2) is 0 Å². The molecule has 0 heterocycles. The summed E-state index contributed by atoms with van der Waals surface area (Å²) < 4.78 is 42.2. The molecule has 16 heavy (non-hydrogen) atoms. The van der Waals surface area contributed by atoms with Crippen molar-refractivity contribution in [3.05, 3.63) is 28.8 Å². The molecule has 0 unspecified atom stereocenters. The molecule has 0 amide bonds. The number of benzene rings is 1. The van der Waals surface area contributed by atoms with Crippen molar-refractivity contribution in [2.75, 3.05) is 7.11 Å². The SMILES string of the molecule is COc1cc(C(F)(F)F)cc(CN)c1C#N. The molecule has 0 bridgehead atoms. The Bertz CT molecular complexity index is 410. The van der Waals surface area contributed by atoms with Gasteiger partial charge in [0.2, 0.25) is 0 Å². The minimum absolute atomic E-state index is 0.0398. The third-order valence-corrected chi connectivity index (χ3v) is 2.06. The van der Waals surface area contributed by atoms with Crippen molar-refractivity contribution in [3.63, 3.8) is 0 Å². The van der Waals surface area contributed by atoms with E-state index in [0.717, 1.165) is 12.1 Å². The summed E-state index contributed by atoms with van der Waals surface area (Å²) in [6, 6.07) is 3.42. The lowest BCUT2D eigenvalue weighted by molar-refractivity contribution is -0.137. The second-order valence-electron chi connectivity index (χ2n) is 3.03. The van der Waals surface area contributed by atoms with Crippen LogP contribution < -0.4 is 10.5 Å². The molecule has 0 aliphatic heterocycles. The van der Waals surface area contributed by atoms with Crippen LogP contribution in [0.15, 0.2) is 12.1 Å². The molecule has 0 fully saturated rings. The smallest absolute Gasteiger partial charge is 0.416 e. The minimum atomic E-state index is -4.48. The summed E-state index contributed by atoms with van der Waals surface area (Å²) >= 11 is 0. The van der Waals surface area contributed by atoms with Crippen molar-refractivity contribution in [2.45, 2.75) is 12.7 Å². The van der Waals surface area contributed by atoms with Crippen molar-refractivity contribution < 1.29 is 17.9 Å². The number of nitrogens with zero attached hydrogens (tertiary/aromatic N) is 1. The number of nitrogens with two attached hydrogens (primary N) is 1. The summed E-state index contributed by atoms with van der Waals surface area (Å²) in [5.41, 5.74) is 4.58. The van der Waals surface area contributed by atoms with Gasteiger partial charge >= 0.3 is 6.18 Å². The maximum atomic E-state index is 12.5. The first kappa shape index (κ1) is 12.3. The van der Waals surface area contributed by atoms with E-state index < -0.39 is 11.7 Å². The maximum absolute atomic E-state index is 12.5. The first-order valence-electron chi connectivity index (χ1n) is 4.32. The number of halogens is 3. The van der Waals surface area contributed by atoms with Crippen LogP contribution in [-0.4, -0.2) is 7.11 Å². The molecule has 0 spiro atoms.